The van der Waals surface area contributed by atoms with E-state index >= 15 is 0 Å². The van der Waals surface area contributed by atoms with Gasteiger partial charge in [-0.1, -0.05) is 0 Å². The van der Waals surface area contributed by atoms with E-state index in [1.165, 1.54) is 0 Å². The first-order chi connectivity index (χ1) is 9.11. The van der Waals surface area contributed by atoms with Crippen molar-refractivity contribution in [1.82, 2.24) is 15.1 Å². The molecule has 0 aliphatic carbocycles. The Labute approximate surface area is 111 Å². The molecule has 3 heterocycles. The minimum atomic E-state index is -0.617. The number of nitrogen functional groups attached to an aromatic ring is 1. The molecular weight excluding hydrogens is 248 g/mol. The second-order valence-electron chi connectivity index (χ2n) is 5.05. The molecule has 1 spiro atoms. The lowest BCUT2D eigenvalue weighted by Crippen LogP contribution is -2.51. The topological polar surface area (TPSA) is 93.5 Å². The minimum Gasteiger partial charge on any atom is -0.395 e. The fraction of sp³-hybridized carbons (Fsp3) is 0.667. The Morgan fingerprint density at radius 2 is 2.21 bits per heavy atom. The molecule has 19 heavy (non-hydrogen) atoms. The van der Waals surface area contributed by atoms with Crippen LogP contribution in [0.5, 0.6) is 0 Å². The van der Waals surface area contributed by atoms with Crippen LogP contribution in [0.25, 0.3) is 0 Å². The molecule has 0 saturated carbocycles. The number of hydrogen-bond donors (Lipinski definition) is 2. The number of ether oxygens (including phenoxy) is 2. The fourth-order valence-electron chi connectivity index (χ4n) is 2.64. The molecule has 7 heteroatoms. The molecule has 2 fully saturated rings. The second kappa shape index (κ2) is 4.50. The molecule has 104 valence electrons. The van der Waals surface area contributed by atoms with Crippen molar-refractivity contribution in [1.29, 1.82) is 0 Å². The van der Waals surface area contributed by atoms with Gasteiger partial charge in [0.05, 0.1) is 31.1 Å². The quantitative estimate of drug-likeness (QED) is 0.761. The summed E-state index contributed by atoms with van der Waals surface area (Å²) in [5, 5.41) is 6.72. The third-order valence-electron chi connectivity index (χ3n) is 3.72. The number of nitrogens with two attached hydrogens (primary N) is 1. The lowest BCUT2D eigenvalue weighted by atomic mass is 10.0. The van der Waals surface area contributed by atoms with Gasteiger partial charge in [0.15, 0.2) is 11.5 Å². The number of amides is 1. The van der Waals surface area contributed by atoms with Crippen molar-refractivity contribution < 1.29 is 14.3 Å². The summed E-state index contributed by atoms with van der Waals surface area (Å²) >= 11 is 0. The number of nitrogens with zero attached hydrogens (tertiary/aromatic N) is 2. The molecule has 1 aromatic rings. The fourth-order valence-corrected chi connectivity index (χ4v) is 2.64. The van der Waals surface area contributed by atoms with E-state index in [4.69, 9.17) is 15.2 Å². The molecule has 1 amide bonds. The maximum absolute atomic E-state index is 12.4. The van der Waals surface area contributed by atoms with E-state index in [1.807, 2.05) is 0 Å². The SMILES string of the molecule is Cc1[nH]nc(C(=O)N2CCCC3(C2)OCCO3)c1N. The van der Waals surface area contributed by atoms with E-state index in [0.29, 0.717) is 37.7 Å². The minimum absolute atomic E-state index is 0.167. The van der Waals surface area contributed by atoms with Crippen molar-refractivity contribution in [3.8, 4) is 0 Å². The van der Waals surface area contributed by atoms with Gasteiger partial charge in [0.25, 0.3) is 5.91 Å². The van der Waals surface area contributed by atoms with Gasteiger partial charge in [-0.05, 0) is 13.3 Å². The van der Waals surface area contributed by atoms with Crippen molar-refractivity contribution >= 4 is 11.6 Å². The van der Waals surface area contributed by atoms with Crippen molar-refractivity contribution in [2.24, 2.45) is 0 Å². The number of rotatable bonds is 1. The molecule has 7 nitrogen and oxygen atoms in total. The lowest BCUT2D eigenvalue weighted by Gasteiger charge is -2.38. The maximum Gasteiger partial charge on any atom is 0.276 e. The standard InChI is InChI=1S/C12H18N4O3/c1-8-9(13)10(15-14-8)11(17)16-4-2-3-12(7-16)18-5-6-19-12/h2-7,13H2,1H3,(H,14,15). The van der Waals surface area contributed by atoms with Gasteiger partial charge in [0, 0.05) is 13.0 Å². The number of piperidine rings is 1. The van der Waals surface area contributed by atoms with Crippen LogP contribution >= 0.6 is 0 Å². The summed E-state index contributed by atoms with van der Waals surface area (Å²) in [6.45, 7) is 4.09. The van der Waals surface area contributed by atoms with Gasteiger partial charge in [-0.15, -0.1) is 0 Å². The highest BCUT2D eigenvalue weighted by molar-refractivity contribution is 5.97. The maximum atomic E-state index is 12.4. The molecular formula is C12H18N4O3. The van der Waals surface area contributed by atoms with Gasteiger partial charge in [0.1, 0.15) is 0 Å². The number of aromatic amines is 1. The number of anilines is 1. The highest BCUT2D eigenvalue weighted by Gasteiger charge is 2.42. The van der Waals surface area contributed by atoms with Crippen LogP contribution < -0.4 is 5.73 Å². The van der Waals surface area contributed by atoms with Crippen LogP contribution in [0.4, 0.5) is 5.69 Å². The Morgan fingerprint density at radius 1 is 1.47 bits per heavy atom. The van der Waals surface area contributed by atoms with Gasteiger partial charge >= 0.3 is 0 Å². The zero-order valence-corrected chi connectivity index (χ0v) is 10.9. The highest BCUT2D eigenvalue weighted by Crippen LogP contribution is 2.31. The van der Waals surface area contributed by atoms with Crippen LogP contribution in [0.15, 0.2) is 0 Å². The van der Waals surface area contributed by atoms with Crippen LogP contribution in [-0.2, 0) is 9.47 Å². The monoisotopic (exact) mass is 266 g/mol. The summed E-state index contributed by atoms with van der Waals surface area (Å²) in [6.07, 6.45) is 1.68. The van der Waals surface area contributed by atoms with E-state index in [1.54, 1.807) is 11.8 Å². The van der Waals surface area contributed by atoms with Crippen LogP contribution in [-0.4, -0.2) is 53.1 Å². The van der Waals surface area contributed by atoms with Gasteiger partial charge in [-0.3, -0.25) is 9.89 Å². The summed E-state index contributed by atoms with van der Waals surface area (Å²) in [5.41, 5.74) is 7.26. The van der Waals surface area contributed by atoms with Gasteiger partial charge in [-0.25, -0.2) is 0 Å². The Bertz CT molecular complexity index is 493. The molecule has 3 rings (SSSR count). The number of carbonyl (C=O) groups excluding carboxylic acids is 1. The number of likely N-dealkylation sites (tertiary alicyclic amines) is 1. The molecule has 2 aliphatic rings. The second-order valence-corrected chi connectivity index (χ2v) is 5.05. The van der Waals surface area contributed by atoms with Crippen LogP contribution in [0, 0.1) is 6.92 Å². The first kappa shape index (κ1) is 12.4. The smallest absolute Gasteiger partial charge is 0.276 e. The zero-order chi connectivity index (χ0) is 13.5. The van der Waals surface area contributed by atoms with Crippen molar-refractivity contribution in [2.75, 3.05) is 32.0 Å². The van der Waals surface area contributed by atoms with E-state index in [2.05, 4.69) is 10.2 Å². The highest BCUT2D eigenvalue weighted by atomic mass is 16.7. The van der Waals surface area contributed by atoms with Crippen LogP contribution in [0.2, 0.25) is 0 Å². The third kappa shape index (κ3) is 2.08. The van der Waals surface area contributed by atoms with Gasteiger partial charge < -0.3 is 20.1 Å². The van der Waals surface area contributed by atoms with Crippen LogP contribution in [0.3, 0.4) is 0 Å². The van der Waals surface area contributed by atoms with E-state index < -0.39 is 5.79 Å². The first-order valence-corrected chi connectivity index (χ1v) is 6.49. The largest absolute Gasteiger partial charge is 0.395 e. The Morgan fingerprint density at radius 3 is 2.84 bits per heavy atom. The van der Waals surface area contributed by atoms with Crippen molar-refractivity contribution in [2.45, 2.75) is 25.6 Å². The van der Waals surface area contributed by atoms with Crippen LogP contribution in [0.1, 0.15) is 29.0 Å². The molecule has 3 N–H and O–H groups in total. The predicted octanol–water partition coefficient (Wildman–Crippen LogP) is 0.279. The Hall–Kier alpha value is -1.60. The normalized spacial score (nSPS) is 22.1. The molecule has 0 unspecified atom stereocenters. The van der Waals surface area contributed by atoms with E-state index in [9.17, 15) is 4.79 Å². The number of hydrogen-bond acceptors (Lipinski definition) is 5. The molecule has 0 bridgehead atoms. The third-order valence-corrected chi connectivity index (χ3v) is 3.72. The Balaban J connectivity index is 1.78. The average molecular weight is 266 g/mol. The summed E-state index contributed by atoms with van der Waals surface area (Å²) in [4.78, 5) is 14.1. The number of carbonyl (C=O) groups is 1. The van der Waals surface area contributed by atoms with Gasteiger partial charge in [0.2, 0.25) is 0 Å². The Kier molecular flexibility index (Phi) is 2.94. The summed E-state index contributed by atoms with van der Waals surface area (Å²) in [6, 6.07) is 0. The zero-order valence-electron chi connectivity index (χ0n) is 10.9. The van der Waals surface area contributed by atoms with E-state index in [-0.39, 0.29) is 11.6 Å². The number of nitrogens with one attached hydrogen (secondary N) is 1. The summed E-state index contributed by atoms with van der Waals surface area (Å²) in [5.74, 6) is -0.784. The number of aromatic nitrogens is 2. The lowest BCUT2D eigenvalue weighted by molar-refractivity contribution is -0.183. The summed E-state index contributed by atoms with van der Waals surface area (Å²) < 4.78 is 11.3. The van der Waals surface area contributed by atoms with Gasteiger partial charge in [-0.2, -0.15) is 5.10 Å². The van der Waals surface area contributed by atoms with Crippen molar-refractivity contribution in [3.05, 3.63) is 11.4 Å². The average Bonchev–Trinajstić information content (AvgIpc) is 2.98. The molecule has 0 atom stereocenters. The molecule has 0 aromatic carbocycles. The number of aryl methyl sites for hydroxylation is 1. The first-order valence-electron chi connectivity index (χ1n) is 6.49. The molecule has 2 saturated heterocycles. The van der Waals surface area contributed by atoms with E-state index in [0.717, 1.165) is 12.8 Å². The number of H-pyrrole nitrogens is 1. The predicted molar refractivity (Wildman–Crippen MR) is 67.5 cm³/mol. The van der Waals surface area contributed by atoms with Crippen molar-refractivity contribution in [3.63, 3.8) is 0 Å². The molecule has 1 aromatic heterocycles. The molecule has 2 aliphatic heterocycles. The molecule has 0 radical (unpaired) electrons. The summed E-state index contributed by atoms with van der Waals surface area (Å²) in [7, 11) is 0.